The van der Waals surface area contributed by atoms with E-state index >= 15 is 0 Å². The van der Waals surface area contributed by atoms with Gasteiger partial charge in [0.2, 0.25) is 5.89 Å². The summed E-state index contributed by atoms with van der Waals surface area (Å²) in [6.07, 6.45) is 6.04. The largest absolute Gasteiger partial charge is 0.439 e. The van der Waals surface area contributed by atoms with Crippen LogP contribution in [0.3, 0.4) is 0 Å². The number of oxazole rings is 1. The van der Waals surface area contributed by atoms with Crippen LogP contribution in [0.25, 0.3) is 11.1 Å². The van der Waals surface area contributed by atoms with Gasteiger partial charge in [-0.05, 0) is 25.0 Å². The molecular weight excluding hydrogens is 316 g/mol. The van der Waals surface area contributed by atoms with Crippen LogP contribution in [-0.2, 0) is 6.54 Å². The van der Waals surface area contributed by atoms with Gasteiger partial charge in [-0.3, -0.25) is 4.90 Å². The number of amides is 2. The second-order valence-electron chi connectivity index (χ2n) is 7.12. The van der Waals surface area contributed by atoms with Gasteiger partial charge in [0.05, 0.1) is 6.54 Å². The van der Waals surface area contributed by atoms with Gasteiger partial charge < -0.3 is 14.6 Å². The zero-order chi connectivity index (χ0) is 17.1. The zero-order valence-electron chi connectivity index (χ0n) is 14.6. The number of piperazine rings is 1. The summed E-state index contributed by atoms with van der Waals surface area (Å²) < 4.78 is 5.80. The molecule has 2 heterocycles. The van der Waals surface area contributed by atoms with Crippen LogP contribution in [0.4, 0.5) is 4.79 Å². The number of urea groups is 1. The van der Waals surface area contributed by atoms with Crippen molar-refractivity contribution < 1.29 is 9.21 Å². The maximum atomic E-state index is 12.4. The number of carbonyl (C=O) groups excluding carboxylic acids is 1. The number of para-hydroxylation sites is 2. The van der Waals surface area contributed by atoms with E-state index in [1.165, 1.54) is 19.3 Å². The lowest BCUT2D eigenvalue weighted by atomic mass is 9.96. The van der Waals surface area contributed by atoms with Crippen molar-refractivity contribution in [3.05, 3.63) is 30.2 Å². The van der Waals surface area contributed by atoms with Crippen LogP contribution in [0, 0.1) is 0 Å². The van der Waals surface area contributed by atoms with Crippen molar-refractivity contribution in [3.8, 4) is 0 Å². The van der Waals surface area contributed by atoms with Gasteiger partial charge in [0.1, 0.15) is 5.52 Å². The molecule has 2 amide bonds. The fourth-order valence-electron chi connectivity index (χ4n) is 3.80. The van der Waals surface area contributed by atoms with Crippen molar-refractivity contribution in [1.82, 2.24) is 20.1 Å². The zero-order valence-corrected chi connectivity index (χ0v) is 14.6. The monoisotopic (exact) mass is 342 g/mol. The van der Waals surface area contributed by atoms with Crippen LogP contribution in [-0.4, -0.2) is 53.0 Å². The topological polar surface area (TPSA) is 61.6 Å². The van der Waals surface area contributed by atoms with Gasteiger partial charge in [-0.2, -0.15) is 0 Å². The molecule has 6 nitrogen and oxygen atoms in total. The third-order valence-corrected chi connectivity index (χ3v) is 5.29. The van der Waals surface area contributed by atoms with Gasteiger partial charge in [0.25, 0.3) is 0 Å². The van der Waals surface area contributed by atoms with E-state index in [-0.39, 0.29) is 6.03 Å². The Bertz CT molecular complexity index is 682. The number of nitrogens with one attached hydrogen (secondary N) is 1. The molecule has 1 aromatic heterocycles. The molecule has 134 valence electrons. The Hall–Kier alpha value is -2.08. The minimum absolute atomic E-state index is 0.105. The molecule has 1 aliphatic heterocycles. The first-order valence-corrected chi connectivity index (χ1v) is 9.40. The number of nitrogens with zero attached hydrogens (tertiary/aromatic N) is 3. The van der Waals surface area contributed by atoms with E-state index < -0.39 is 0 Å². The average molecular weight is 342 g/mol. The summed E-state index contributed by atoms with van der Waals surface area (Å²) in [5, 5.41) is 3.21. The number of benzene rings is 1. The summed E-state index contributed by atoms with van der Waals surface area (Å²) in [4.78, 5) is 21.2. The number of carbonyl (C=O) groups is 1. The molecule has 4 rings (SSSR count). The predicted molar refractivity (Wildman–Crippen MR) is 96.3 cm³/mol. The first-order valence-electron chi connectivity index (χ1n) is 9.40. The van der Waals surface area contributed by atoms with E-state index in [9.17, 15) is 4.79 Å². The second kappa shape index (κ2) is 7.44. The van der Waals surface area contributed by atoms with Crippen molar-refractivity contribution in [2.24, 2.45) is 0 Å². The van der Waals surface area contributed by atoms with Gasteiger partial charge in [0.15, 0.2) is 5.58 Å². The lowest BCUT2D eigenvalue weighted by molar-refractivity contribution is 0.126. The van der Waals surface area contributed by atoms with Gasteiger partial charge >= 0.3 is 6.03 Å². The molecule has 0 spiro atoms. The minimum Gasteiger partial charge on any atom is -0.439 e. The number of fused-ring (bicyclic) bond motifs is 1. The van der Waals surface area contributed by atoms with E-state index in [1.807, 2.05) is 29.2 Å². The smallest absolute Gasteiger partial charge is 0.317 e. The van der Waals surface area contributed by atoms with E-state index in [0.29, 0.717) is 12.6 Å². The maximum Gasteiger partial charge on any atom is 0.317 e. The van der Waals surface area contributed by atoms with Crippen molar-refractivity contribution in [1.29, 1.82) is 0 Å². The standard InChI is InChI=1S/C19H26N4O2/c24-19(20-15-6-2-1-3-7-15)23-12-10-22(11-13-23)14-18-21-16-8-4-5-9-17(16)25-18/h4-5,8-9,15H,1-3,6-7,10-14H2,(H,20,24). The normalized spacial score (nSPS) is 20.1. The first-order chi connectivity index (χ1) is 12.3. The molecule has 1 saturated heterocycles. The van der Waals surface area contributed by atoms with E-state index in [4.69, 9.17) is 4.42 Å². The average Bonchev–Trinajstić information content (AvgIpc) is 3.05. The highest BCUT2D eigenvalue weighted by molar-refractivity contribution is 5.74. The highest BCUT2D eigenvalue weighted by Crippen LogP contribution is 2.19. The number of rotatable bonds is 3. The second-order valence-corrected chi connectivity index (χ2v) is 7.12. The summed E-state index contributed by atoms with van der Waals surface area (Å²) in [6.45, 7) is 3.94. The summed E-state index contributed by atoms with van der Waals surface area (Å²) >= 11 is 0. The van der Waals surface area contributed by atoms with Gasteiger partial charge in [-0.1, -0.05) is 31.4 Å². The molecule has 2 aliphatic rings. The fraction of sp³-hybridized carbons (Fsp3) is 0.579. The van der Waals surface area contributed by atoms with Gasteiger partial charge in [-0.25, -0.2) is 9.78 Å². The Labute approximate surface area is 148 Å². The molecule has 0 unspecified atom stereocenters. The molecule has 1 aromatic carbocycles. The first kappa shape index (κ1) is 16.4. The summed E-state index contributed by atoms with van der Waals surface area (Å²) in [6, 6.07) is 8.32. The fourth-order valence-corrected chi connectivity index (χ4v) is 3.80. The summed E-state index contributed by atoms with van der Waals surface area (Å²) in [7, 11) is 0. The molecule has 2 aromatic rings. The van der Waals surface area contributed by atoms with Crippen LogP contribution in [0.2, 0.25) is 0 Å². The van der Waals surface area contributed by atoms with Crippen LogP contribution >= 0.6 is 0 Å². The lowest BCUT2D eigenvalue weighted by Gasteiger charge is -2.35. The van der Waals surface area contributed by atoms with Crippen LogP contribution in [0.5, 0.6) is 0 Å². The highest BCUT2D eigenvalue weighted by atomic mass is 16.3. The Kier molecular flexibility index (Phi) is 4.88. The molecule has 1 saturated carbocycles. The molecule has 25 heavy (non-hydrogen) atoms. The third kappa shape index (κ3) is 3.95. The van der Waals surface area contributed by atoms with Crippen molar-refractivity contribution in [2.75, 3.05) is 26.2 Å². The van der Waals surface area contributed by atoms with Crippen LogP contribution in [0.1, 0.15) is 38.0 Å². The molecule has 0 bridgehead atoms. The molecule has 0 atom stereocenters. The van der Waals surface area contributed by atoms with Crippen molar-refractivity contribution in [2.45, 2.75) is 44.7 Å². The van der Waals surface area contributed by atoms with Crippen LogP contribution in [0.15, 0.2) is 28.7 Å². The summed E-state index contributed by atoms with van der Waals surface area (Å²) in [5.41, 5.74) is 1.74. The number of hydrogen-bond donors (Lipinski definition) is 1. The molecule has 1 aliphatic carbocycles. The SMILES string of the molecule is O=C(NC1CCCCC1)N1CCN(Cc2nc3ccccc3o2)CC1. The van der Waals surface area contributed by atoms with Gasteiger partial charge in [0, 0.05) is 32.2 Å². The Morgan fingerprint density at radius 1 is 1.12 bits per heavy atom. The molecule has 0 radical (unpaired) electrons. The molecule has 6 heteroatoms. The van der Waals surface area contributed by atoms with Crippen LogP contribution < -0.4 is 5.32 Å². The molecule has 1 N–H and O–H groups in total. The Morgan fingerprint density at radius 2 is 1.88 bits per heavy atom. The van der Waals surface area contributed by atoms with Crippen molar-refractivity contribution in [3.63, 3.8) is 0 Å². The number of aromatic nitrogens is 1. The maximum absolute atomic E-state index is 12.4. The highest BCUT2D eigenvalue weighted by Gasteiger charge is 2.24. The van der Waals surface area contributed by atoms with E-state index in [0.717, 1.165) is 56.0 Å². The third-order valence-electron chi connectivity index (χ3n) is 5.29. The van der Waals surface area contributed by atoms with Crippen molar-refractivity contribution >= 4 is 17.1 Å². The van der Waals surface area contributed by atoms with Gasteiger partial charge in [-0.15, -0.1) is 0 Å². The molecule has 2 fully saturated rings. The van der Waals surface area contributed by atoms with E-state index in [2.05, 4.69) is 15.2 Å². The Morgan fingerprint density at radius 3 is 2.64 bits per heavy atom. The Balaban J connectivity index is 1.26. The van der Waals surface area contributed by atoms with E-state index in [1.54, 1.807) is 0 Å². The minimum atomic E-state index is 0.105. The predicted octanol–water partition coefficient (Wildman–Crippen LogP) is 2.99. The quantitative estimate of drug-likeness (QED) is 0.931. The lowest BCUT2D eigenvalue weighted by Crippen LogP contribution is -2.53. The number of hydrogen-bond acceptors (Lipinski definition) is 4. The summed E-state index contributed by atoms with van der Waals surface area (Å²) in [5.74, 6) is 0.751. The molecular formula is C19H26N4O2.